The lowest BCUT2D eigenvalue weighted by molar-refractivity contribution is 0.398. The van der Waals surface area contributed by atoms with Gasteiger partial charge in [-0.15, -0.1) is 0 Å². The van der Waals surface area contributed by atoms with Crippen molar-refractivity contribution >= 4 is 23.3 Å². The predicted octanol–water partition coefficient (Wildman–Crippen LogP) is 2.39. The average molecular weight is 403 g/mol. The average Bonchev–Trinajstić information content (AvgIpc) is 3.12. The summed E-state index contributed by atoms with van der Waals surface area (Å²) in [7, 11) is 1.52. The van der Waals surface area contributed by atoms with Crippen molar-refractivity contribution in [2.75, 3.05) is 7.11 Å². The highest BCUT2D eigenvalue weighted by Gasteiger charge is 2.15. The number of hydrogen-bond acceptors (Lipinski definition) is 5. The number of nitrogens with two attached hydrogens (primary N) is 2. The number of fused-ring (bicyclic) bond motifs is 1. The van der Waals surface area contributed by atoms with Crippen LogP contribution in [0.15, 0.2) is 73.3 Å². The van der Waals surface area contributed by atoms with Gasteiger partial charge in [0.05, 0.1) is 18.7 Å². The van der Waals surface area contributed by atoms with E-state index in [2.05, 4.69) is 28.1 Å². The number of allylic oxidation sites excluding steroid dienone is 5. The lowest BCUT2D eigenvalue weighted by Crippen LogP contribution is -2.25. The second-order valence-corrected chi connectivity index (χ2v) is 6.30. The minimum atomic E-state index is -0.488. The summed E-state index contributed by atoms with van der Waals surface area (Å²) >= 11 is 0. The van der Waals surface area contributed by atoms with Crippen LogP contribution in [0.25, 0.3) is 34.4 Å². The van der Waals surface area contributed by atoms with Crippen molar-refractivity contribution in [2.24, 2.45) is 11.5 Å². The van der Waals surface area contributed by atoms with Gasteiger partial charge in [-0.2, -0.15) is 0 Å². The van der Waals surface area contributed by atoms with Gasteiger partial charge in [0.1, 0.15) is 11.5 Å². The van der Waals surface area contributed by atoms with Crippen molar-refractivity contribution < 1.29 is 9.13 Å². The normalized spacial score (nSPS) is 13.3. The molecule has 6 nitrogen and oxygen atoms in total. The second kappa shape index (κ2) is 8.91. The molecule has 0 spiro atoms. The summed E-state index contributed by atoms with van der Waals surface area (Å²) in [5.41, 5.74) is 14.3. The van der Waals surface area contributed by atoms with Crippen LogP contribution in [0.5, 0.6) is 5.88 Å². The number of hydrogen-bond donors (Lipinski definition) is 3. The Kier molecular flexibility index (Phi) is 6.12. The molecule has 0 saturated heterocycles. The van der Waals surface area contributed by atoms with Crippen LogP contribution in [0.2, 0.25) is 0 Å². The molecule has 3 heterocycles. The van der Waals surface area contributed by atoms with Crippen LogP contribution in [0, 0.1) is 5.82 Å². The molecular weight excluding hydrogens is 381 g/mol. The lowest BCUT2D eigenvalue weighted by atomic mass is 10.0. The van der Waals surface area contributed by atoms with E-state index in [1.165, 1.54) is 19.5 Å². The molecule has 0 aliphatic heterocycles. The van der Waals surface area contributed by atoms with Gasteiger partial charge >= 0.3 is 0 Å². The summed E-state index contributed by atoms with van der Waals surface area (Å²) in [6.07, 6.45) is 12.5. The summed E-state index contributed by atoms with van der Waals surface area (Å²) < 4.78 is 20.0. The first-order chi connectivity index (χ1) is 14.5. The van der Waals surface area contributed by atoms with Crippen molar-refractivity contribution in [3.05, 3.63) is 89.6 Å². The summed E-state index contributed by atoms with van der Waals surface area (Å²) in [4.78, 5) is 11.5. The standard InChI is InChI=1S/C23H22FN5O/c1-4-5-6-15(10-25)14(2)9-17-19(11-26)29-23-22(17)21(18(24)13-28-23)16-7-8-20(30-3)27-12-16/h4-13H,1-2,25-26H2,3H3,(H,28,29)/b6-5-,15-10+,17-9+,19-11+. The lowest BCUT2D eigenvalue weighted by Gasteiger charge is -2.06. The Morgan fingerprint density at radius 2 is 2.03 bits per heavy atom. The number of ether oxygens (including phenoxy) is 1. The van der Waals surface area contributed by atoms with E-state index in [9.17, 15) is 4.39 Å². The van der Waals surface area contributed by atoms with Crippen molar-refractivity contribution in [3.8, 4) is 17.0 Å². The Morgan fingerprint density at radius 1 is 1.23 bits per heavy atom. The zero-order chi connectivity index (χ0) is 21.7. The van der Waals surface area contributed by atoms with E-state index in [1.54, 1.807) is 42.6 Å². The highest BCUT2D eigenvalue weighted by molar-refractivity contribution is 5.94. The molecule has 0 saturated carbocycles. The number of H-pyrrole nitrogens is 1. The molecule has 0 aliphatic carbocycles. The van der Waals surface area contributed by atoms with E-state index in [0.717, 1.165) is 6.20 Å². The van der Waals surface area contributed by atoms with Crippen LogP contribution in [0.4, 0.5) is 4.39 Å². The third kappa shape index (κ3) is 3.86. The van der Waals surface area contributed by atoms with Gasteiger partial charge in [-0.05, 0) is 23.3 Å². The SMILES string of the molecule is C=C/C=C\C(=C/N)C(=C)/C=c1\c(=C/N)[nH]c2ncc(F)c(-c3ccc(OC)nc3)c12. The molecule has 0 bridgehead atoms. The van der Waals surface area contributed by atoms with Gasteiger partial charge < -0.3 is 21.2 Å². The Bertz CT molecular complexity index is 1280. The molecule has 152 valence electrons. The summed E-state index contributed by atoms with van der Waals surface area (Å²) in [5, 5.41) is 1.78. The predicted molar refractivity (Wildman–Crippen MR) is 119 cm³/mol. The summed E-state index contributed by atoms with van der Waals surface area (Å²) in [6, 6.07) is 3.40. The molecule has 3 aromatic heterocycles. The third-order valence-electron chi connectivity index (χ3n) is 4.53. The van der Waals surface area contributed by atoms with Crippen LogP contribution in [-0.2, 0) is 0 Å². The molecule has 7 heteroatoms. The number of aromatic nitrogens is 3. The van der Waals surface area contributed by atoms with E-state index in [0.29, 0.717) is 49.8 Å². The molecule has 0 unspecified atom stereocenters. The van der Waals surface area contributed by atoms with Crippen molar-refractivity contribution in [3.63, 3.8) is 0 Å². The Hall–Kier alpha value is -4.13. The fraction of sp³-hybridized carbons (Fsp3) is 0.0435. The van der Waals surface area contributed by atoms with Crippen LogP contribution >= 0.6 is 0 Å². The number of nitrogens with one attached hydrogen (secondary N) is 1. The van der Waals surface area contributed by atoms with Crippen molar-refractivity contribution in [2.45, 2.75) is 0 Å². The van der Waals surface area contributed by atoms with Gasteiger partial charge in [0.25, 0.3) is 0 Å². The number of aromatic amines is 1. The zero-order valence-electron chi connectivity index (χ0n) is 16.5. The maximum absolute atomic E-state index is 14.9. The van der Waals surface area contributed by atoms with Gasteiger partial charge in [0.2, 0.25) is 5.88 Å². The summed E-state index contributed by atoms with van der Waals surface area (Å²) in [6.45, 7) is 7.73. The fourth-order valence-corrected chi connectivity index (χ4v) is 3.09. The highest BCUT2D eigenvalue weighted by Crippen LogP contribution is 2.28. The van der Waals surface area contributed by atoms with E-state index < -0.39 is 5.82 Å². The van der Waals surface area contributed by atoms with Crippen LogP contribution in [0.1, 0.15) is 0 Å². The second-order valence-electron chi connectivity index (χ2n) is 6.30. The Morgan fingerprint density at radius 3 is 2.63 bits per heavy atom. The maximum Gasteiger partial charge on any atom is 0.212 e. The topological polar surface area (TPSA) is 103 Å². The van der Waals surface area contributed by atoms with E-state index in [-0.39, 0.29) is 0 Å². The molecule has 5 N–H and O–H groups in total. The molecular formula is C23H22FN5O. The molecule has 0 atom stereocenters. The maximum atomic E-state index is 14.9. The largest absolute Gasteiger partial charge is 0.481 e. The first kappa shape index (κ1) is 20.6. The molecule has 0 aromatic carbocycles. The monoisotopic (exact) mass is 403 g/mol. The molecule has 3 rings (SSSR count). The third-order valence-corrected chi connectivity index (χ3v) is 4.53. The summed E-state index contributed by atoms with van der Waals surface area (Å²) in [5.74, 6) is -0.0557. The van der Waals surface area contributed by atoms with Gasteiger partial charge in [-0.1, -0.05) is 31.4 Å². The minimum absolute atomic E-state index is 0.346. The number of halogens is 1. The minimum Gasteiger partial charge on any atom is -0.481 e. The van der Waals surface area contributed by atoms with E-state index >= 15 is 0 Å². The highest BCUT2D eigenvalue weighted by atomic mass is 19.1. The number of rotatable bonds is 6. The Labute approximate surface area is 173 Å². The van der Waals surface area contributed by atoms with Gasteiger partial charge in [0, 0.05) is 46.4 Å². The molecule has 0 amide bonds. The molecule has 3 aromatic rings. The number of pyridine rings is 2. The number of nitrogens with zero attached hydrogens (tertiary/aromatic N) is 2. The van der Waals surface area contributed by atoms with Crippen LogP contribution in [0.3, 0.4) is 0 Å². The van der Waals surface area contributed by atoms with Gasteiger partial charge in [0.15, 0.2) is 0 Å². The molecule has 0 aliphatic rings. The van der Waals surface area contributed by atoms with Gasteiger partial charge in [-0.3, -0.25) is 0 Å². The van der Waals surface area contributed by atoms with Crippen LogP contribution < -0.4 is 26.8 Å². The van der Waals surface area contributed by atoms with E-state index in [1.807, 2.05) is 0 Å². The van der Waals surface area contributed by atoms with Gasteiger partial charge in [-0.25, -0.2) is 14.4 Å². The number of methoxy groups -OCH3 is 1. The van der Waals surface area contributed by atoms with Crippen LogP contribution in [-0.4, -0.2) is 22.1 Å². The quantitative estimate of drug-likeness (QED) is 0.549. The molecule has 0 fully saturated rings. The molecule has 0 radical (unpaired) electrons. The zero-order valence-corrected chi connectivity index (χ0v) is 16.5. The smallest absolute Gasteiger partial charge is 0.212 e. The van der Waals surface area contributed by atoms with Crippen molar-refractivity contribution in [1.82, 2.24) is 15.0 Å². The van der Waals surface area contributed by atoms with E-state index in [4.69, 9.17) is 16.2 Å². The first-order valence-electron chi connectivity index (χ1n) is 9.04. The fourth-order valence-electron chi connectivity index (χ4n) is 3.09. The van der Waals surface area contributed by atoms with Crippen molar-refractivity contribution in [1.29, 1.82) is 0 Å². The Balaban J connectivity index is 2.34. The first-order valence-corrected chi connectivity index (χ1v) is 9.04. The molecule has 30 heavy (non-hydrogen) atoms.